The number of rotatable bonds is 5. The number of hydrogen-bond donors (Lipinski definition) is 1. The summed E-state index contributed by atoms with van der Waals surface area (Å²) in [7, 11) is 1.71. The normalized spacial score (nSPS) is 14.9. The number of ether oxygens (including phenoxy) is 1. The second kappa shape index (κ2) is 8.91. The molecule has 2 amide bonds. The minimum absolute atomic E-state index is 0.00376. The van der Waals surface area contributed by atoms with Crippen LogP contribution in [0.3, 0.4) is 0 Å². The first kappa shape index (κ1) is 19.2. The van der Waals surface area contributed by atoms with Gasteiger partial charge in [0, 0.05) is 44.0 Å². The van der Waals surface area contributed by atoms with Crippen molar-refractivity contribution in [2.24, 2.45) is 0 Å². The van der Waals surface area contributed by atoms with Crippen molar-refractivity contribution < 1.29 is 9.53 Å². The van der Waals surface area contributed by atoms with Crippen molar-refractivity contribution >= 4 is 11.7 Å². The topological polar surface area (TPSA) is 44.8 Å². The highest BCUT2D eigenvalue weighted by Gasteiger charge is 2.22. The molecule has 1 saturated heterocycles. The molecule has 27 heavy (non-hydrogen) atoms. The summed E-state index contributed by atoms with van der Waals surface area (Å²) in [6, 6.07) is 14.3. The van der Waals surface area contributed by atoms with E-state index in [-0.39, 0.29) is 6.03 Å². The van der Waals surface area contributed by atoms with Gasteiger partial charge in [-0.05, 0) is 30.5 Å². The third kappa shape index (κ3) is 4.61. The number of nitrogens with one attached hydrogen (secondary N) is 1. The number of aryl methyl sites for hydroxylation is 2. The molecule has 0 saturated carbocycles. The van der Waals surface area contributed by atoms with Crippen molar-refractivity contribution in [3.8, 4) is 5.75 Å². The van der Waals surface area contributed by atoms with Crippen molar-refractivity contribution in [2.45, 2.75) is 26.8 Å². The molecule has 1 aliphatic heterocycles. The number of carbonyl (C=O) groups is 1. The van der Waals surface area contributed by atoms with Crippen molar-refractivity contribution in [2.75, 3.05) is 38.6 Å². The van der Waals surface area contributed by atoms with Gasteiger partial charge in [-0.3, -0.25) is 4.90 Å². The van der Waals surface area contributed by atoms with Crippen LogP contribution in [0, 0.1) is 6.92 Å². The Balaban J connectivity index is 1.57. The summed E-state index contributed by atoms with van der Waals surface area (Å²) in [5, 5.41) is 3.13. The van der Waals surface area contributed by atoms with E-state index < -0.39 is 0 Å². The number of piperazine rings is 1. The predicted molar refractivity (Wildman–Crippen MR) is 109 cm³/mol. The molecule has 0 aliphatic carbocycles. The van der Waals surface area contributed by atoms with Crippen LogP contribution in [0.2, 0.25) is 0 Å². The van der Waals surface area contributed by atoms with E-state index in [9.17, 15) is 4.79 Å². The number of amides is 2. The highest BCUT2D eigenvalue weighted by atomic mass is 16.5. The van der Waals surface area contributed by atoms with Crippen LogP contribution in [0.4, 0.5) is 10.5 Å². The number of nitrogens with zero attached hydrogens (tertiary/aromatic N) is 2. The van der Waals surface area contributed by atoms with E-state index in [0.29, 0.717) is 0 Å². The first-order valence-electron chi connectivity index (χ1n) is 9.61. The zero-order valence-corrected chi connectivity index (χ0v) is 16.5. The summed E-state index contributed by atoms with van der Waals surface area (Å²) in [5.74, 6) is 0.921. The molecule has 0 aromatic heterocycles. The number of urea groups is 1. The summed E-state index contributed by atoms with van der Waals surface area (Å²) in [5.41, 5.74) is 4.43. The van der Waals surface area contributed by atoms with Crippen LogP contribution in [0.15, 0.2) is 42.5 Å². The van der Waals surface area contributed by atoms with Gasteiger partial charge in [-0.1, -0.05) is 43.3 Å². The maximum Gasteiger partial charge on any atom is 0.321 e. The molecule has 0 bridgehead atoms. The summed E-state index contributed by atoms with van der Waals surface area (Å²) in [6.45, 7) is 8.18. The highest BCUT2D eigenvalue weighted by molar-refractivity contribution is 5.91. The van der Waals surface area contributed by atoms with Crippen LogP contribution in [0.1, 0.15) is 23.6 Å². The zero-order chi connectivity index (χ0) is 19.2. The summed E-state index contributed by atoms with van der Waals surface area (Å²) < 4.78 is 5.44. The molecule has 5 nitrogen and oxygen atoms in total. The van der Waals surface area contributed by atoms with Gasteiger partial charge in [-0.15, -0.1) is 0 Å². The maximum absolute atomic E-state index is 12.7. The molecule has 1 fully saturated rings. The molecular weight excluding hydrogens is 338 g/mol. The van der Waals surface area contributed by atoms with Gasteiger partial charge in [0.1, 0.15) is 5.75 Å². The fraction of sp³-hybridized carbons (Fsp3) is 0.409. The van der Waals surface area contributed by atoms with Crippen LogP contribution in [-0.2, 0) is 13.0 Å². The Morgan fingerprint density at radius 2 is 1.74 bits per heavy atom. The average molecular weight is 367 g/mol. The number of carbonyl (C=O) groups excluding carboxylic acids is 1. The largest absolute Gasteiger partial charge is 0.496 e. The molecule has 0 radical (unpaired) electrons. The number of benzene rings is 2. The molecule has 3 rings (SSSR count). The van der Waals surface area contributed by atoms with Gasteiger partial charge in [0.25, 0.3) is 0 Å². The second-order valence-electron chi connectivity index (χ2n) is 6.97. The minimum atomic E-state index is -0.00376. The molecule has 0 atom stereocenters. The number of hydrogen-bond acceptors (Lipinski definition) is 3. The quantitative estimate of drug-likeness (QED) is 0.871. The van der Waals surface area contributed by atoms with E-state index in [2.05, 4.69) is 29.3 Å². The Morgan fingerprint density at radius 1 is 1.04 bits per heavy atom. The van der Waals surface area contributed by atoms with E-state index in [1.807, 2.05) is 42.2 Å². The smallest absolute Gasteiger partial charge is 0.321 e. The average Bonchev–Trinajstić information content (AvgIpc) is 2.70. The van der Waals surface area contributed by atoms with Gasteiger partial charge in [0.15, 0.2) is 0 Å². The Bertz CT molecular complexity index is 783. The Hall–Kier alpha value is -2.53. The summed E-state index contributed by atoms with van der Waals surface area (Å²) in [4.78, 5) is 17.0. The Kier molecular flexibility index (Phi) is 6.35. The SMILES string of the molecule is CCc1cccc(C)c1NC(=O)N1CCN(Cc2ccccc2OC)CC1. The van der Waals surface area contributed by atoms with E-state index in [1.165, 1.54) is 11.1 Å². The highest BCUT2D eigenvalue weighted by Crippen LogP contribution is 2.23. The van der Waals surface area contributed by atoms with Crippen LogP contribution < -0.4 is 10.1 Å². The van der Waals surface area contributed by atoms with Gasteiger partial charge >= 0.3 is 6.03 Å². The molecule has 2 aromatic rings. The lowest BCUT2D eigenvalue weighted by molar-refractivity contribution is 0.142. The standard InChI is InChI=1S/C22H29N3O2/c1-4-18-10-7-8-17(2)21(18)23-22(26)25-14-12-24(13-15-25)16-19-9-5-6-11-20(19)27-3/h5-11H,4,12-16H2,1-3H3,(H,23,26). The van der Waals surface area contributed by atoms with E-state index in [1.54, 1.807) is 7.11 Å². The van der Waals surface area contributed by atoms with Crippen LogP contribution in [-0.4, -0.2) is 49.1 Å². The Morgan fingerprint density at radius 3 is 2.44 bits per heavy atom. The first-order chi connectivity index (χ1) is 13.1. The Labute approximate surface area is 161 Å². The van der Waals surface area contributed by atoms with Crippen molar-refractivity contribution in [3.63, 3.8) is 0 Å². The van der Waals surface area contributed by atoms with E-state index in [0.717, 1.165) is 56.1 Å². The summed E-state index contributed by atoms with van der Waals surface area (Å²) >= 11 is 0. The lowest BCUT2D eigenvalue weighted by Gasteiger charge is -2.35. The van der Waals surface area contributed by atoms with E-state index >= 15 is 0 Å². The number of anilines is 1. The fourth-order valence-corrected chi connectivity index (χ4v) is 3.57. The lowest BCUT2D eigenvalue weighted by Crippen LogP contribution is -2.49. The maximum atomic E-state index is 12.7. The van der Waals surface area contributed by atoms with Gasteiger partial charge in [0.2, 0.25) is 0 Å². The van der Waals surface area contributed by atoms with Crippen LogP contribution >= 0.6 is 0 Å². The molecule has 1 N–H and O–H groups in total. The van der Waals surface area contributed by atoms with Crippen molar-refractivity contribution in [1.82, 2.24) is 9.80 Å². The van der Waals surface area contributed by atoms with Gasteiger partial charge in [-0.25, -0.2) is 4.79 Å². The second-order valence-corrected chi connectivity index (χ2v) is 6.97. The predicted octanol–water partition coefficient (Wildman–Crippen LogP) is 3.92. The van der Waals surface area contributed by atoms with Crippen LogP contribution in [0.25, 0.3) is 0 Å². The van der Waals surface area contributed by atoms with Gasteiger partial charge in [-0.2, -0.15) is 0 Å². The lowest BCUT2D eigenvalue weighted by atomic mass is 10.1. The van der Waals surface area contributed by atoms with Crippen LogP contribution in [0.5, 0.6) is 5.75 Å². The van der Waals surface area contributed by atoms with E-state index in [4.69, 9.17) is 4.74 Å². The molecule has 1 aliphatic rings. The van der Waals surface area contributed by atoms with Gasteiger partial charge < -0.3 is 15.0 Å². The molecule has 0 unspecified atom stereocenters. The number of para-hydroxylation sites is 2. The first-order valence-corrected chi connectivity index (χ1v) is 9.61. The molecule has 1 heterocycles. The van der Waals surface area contributed by atoms with Crippen molar-refractivity contribution in [1.29, 1.82) is 0 Å². The monoisotopic (exact) mass is 367 g/mol. The fourth-order valence-electron chi connectivity index (χ4n) is 3.57. The molecule has 5 heteroatoms. The number of methoxy groups -OCH3 is 1. The summed E-state index contributed by atoms with van der Waals surface area (Å²) in [6.07, 6.45) is 0.907. The molecule has 2 aromatic carbocycles. The third-order valence-electron chi connectivity index (χ3n) is 5.22. The third-order valence-corrected chi connectivity index (χ3v) is 5.22. The zero-order valence-electron chi connectivity index (χ0n) is 16.5. The minimum Gasteiger partial charge on any atom is -0.496 e. The van der Waals surface area contributed by atoms with Crippen molar-refractivity contribution in [3.05, 3.63) is 59.2 Å². The molecule has 144 valence electrons. The molecular formula is C22H29N3O2. The van der Waals surface area contributed by atoms with Gasteiger partial charge in [0.05, 0.1) is 7.11 Å². The molecule has 0 spiro atoms.